The molecule has 0 N–H and O–H groups in total. The summed E-state index contributed by atoms with van der Waals surface area (Å²) < 4.78 is 5.39. The Morgan fingerprint density at radius 1 is 0.944 bits per heavy atom. The predicted octanol–water partition coefficient (Wildman–Crippen LogP) is 5.54. The van der Waals surface area contributed by atoms with Gasteiger partial charge in [-0.2, -0.15) is 0 Å². The zero-order valence-corrected chi connectivity index (χ0v) is 14.0. The van der Waals surface area contributed by atoms with Crippen molar-refractivity contribution in [3.05, 3.63) is 17.0 Å². The topological polar surface area (TPSA) is 26.0 Å². The van der Waals surface area contributed by atoms with Gasteiger partial charge >= 0.3 is 0 Å². The van der Waals surface area contributed by atoms with Crippen LogP contribution in [0.15, 0.2) is 4.52 Å². The highest BCUT2D eigenvalue weighted by molar-refractivity contribution is 5.27. The largest absolute Gasteiger partial charge is 0.360 e. The summed E-state index contributed by atoms with van der Waals surface area (Å²) in [5.41, 5.74) is 2.49. The molecule has 1 heterocycles. The van der Waals surface area contributed by atoms with Crippen molar-refractivity contribution in [2.24, 2.45) is 0 Å². The maximum absolute atomic E-state index is 5.39. The zero-order valence-electron chi connectivity index (χ0n) is 14.0. The Labute approximate surface area is 114 Å². The van der Waals surface area contributed by atoms with Crippen molar-refractivity contribution in [1.29, 1.82) is 0 Å². The maximum Gasteiger partial charge on any atom is 0.145 e. The van der Waals surface area contributed by atoms with Crippen LogP contribution in [-0.2, 0) is 18.3 Å². The van der Waals surface area contributed by atoms with E-state index < -0.39 is 0 Å². The highest BCUT2D eigenvalue weighted by Gasteiger charge is 2.24. The second-order valence-electron chi connectivity index (χ2n) is 5.10. The molecule has 0 saturated heterocycles. The van der Waals surface area contributed by atoms with Crippen LogP contribution in [0, 0.1) is 0 Å². The number of hydrogen-bond donors (Lipinski definition) is 0. The van der Waals surface area contributed by atoms with Gasteiger partial charge in [-0.3, -0.25) is 0 Å². The Balaban J connectivity index is 0. The first kappa shape index (κ1) is 19.5. The second-order valence-corrected chi connectivity index (χ2v) is 5.10. The summed E-state index contributed by atoms with van der Waals surface area (Å²) in [6.07, 6.45) is 3.22. The fourth-order valence-electron chi connectivity index (χ4n) is 1.57. The van der Waals surface area contributed by atoms with E-state index in [4.69, 9.17) is 4.52 Å². The van der Waals surface area contributed by atoms with Crippen LogP contribution in [0.2, 0.25) is 0 Å². The van der Waals surface area contributed by atoms with E-state index in [0.717, 1.165) is 24.3 Å². The highest BCUT2D eigenvalue weighted by atomic mass is 16.5. The van der Waals surface area contributed by atoms with Crippen molar-refractivity contribution in [3.63, 3.8) is 0 Å². The van der Waals surface area contributed by atoms with Gasteiger partial charge in [-0.1, -0.05) is 73.9 Å². The fraction of sp³-hybridized carbons (Fsp3) is 0.812. The fourth-order valence-corrected chi connectivity index (χ4v) is 1.57. The third-order valence-corrected chi connectivity index (χ3v) is 2.24. The summed E-state index contributed by atoms with van der Waals surface area (Å²) in [5.74, 6) is 1.05. The Hall–Kier alpha value is -0.790. The first-order valence-corrected chi connectivity index (χ1v) is 7.40. The lowest BCUT2D eigenvalue weighted by Crippen LogP contribution is -2.12. The summed E-state index contributed by atoms with van der Waals surface area (Å²) in [6.45, 7) is 19.0. The first-order chi connectivity index (χ1) is 8.42. The van der Waals surface area contributed by atoms with Gasteiger partial charge in [0, 0.05) is 11.0 Å². The van der Waals surface area contributed by atoms with Crippen LogP contribution in [0.1, 0.15) is 85.8 Å². The van der Waals surface area contributed by atoms with Crippen molar-refractivity contribution in [3.8, 4) is 0 Å². The minimum Gasteiger partial charge on any atom is -0.360 e. The molecule has 0 spiro atoms. The summed E-state index contributed by atoms with van der Waals surface area (Å²) >= 11 is 0. The van der Waals surface area contributed by atoms with Crippen LogP contribution < -0.4 is 0 Å². The van der Waals surface area contributed by atoms with Crippen LogP contribution in [0.25, 0.3) is 0 Å². The van der Waals surface area contributed by atoms with Gasteiger partial charge in [0.15, 0.2) is 0 Å². The molecule has 0 amide bonds. The number of rotatable bonds is 2. The van der Waals surface area contributed by atoms with E-state index in [1.165, 1.54) is 12.0 Å². The summed E-state index contributed by atoms with van der Waals surface area (Å²) in [5, 5.41) is 4.10. The van der Waals surface area contributed by atoms with Gasteiger partial charge in [0.25, 0.3) is 0 Å². The minimum absolute atomic E-state index is 0.0752. The molecule has 18 heavy (non-hydrogen) atoms. The predicted molar refractivity (Wildman–Crippen MR) is 81.3 cm³/mol. The van der Waals surface area contributed by atoms with E-state index in [0.29, 0.717) is 0 Å². The molecule has 1 rings (SSSR count). The van der Waals surface area contributed by atoms with Gasteiger partial charge < -0.3 is 4.52 Å². The summed E-state index contributed by atoms with van der Waals surface area (Å²) in [6, 6.07) is 0. The summed E-state index contributed by atoms with van der Waals surface area (Å²) in [4.78, 5) is 0. The molecular weight excluding hydrogens is 222 g/mol. The quantitative estimate of drug-likeness (QED) is 0.693. The lowest BCUT2D eigenvalue weighted by atomic mass is 9.88. The Morgan fingerprint density at radius 3 is 1.67 bits per heavy atom. The first-order valence-electron chi connectivity index (χ1n) is 7.40. The number of hydrogen-bond acceptors (Lipinski definition) is 2. The average Bonchev–Trinajstić information content (AvgIpc) is 2.75. The van der Waals surface area contributed by atoms with Gasteiger partial charge in [0.2, 0.25) is 0 Å². The van der Waals surface area contributed by atoms with Gasteiger partial charge in [-0.25, -0.2) is 0 Å². The molecule has 0 aliphatic carbocycles. The van der Waals surface area contributed by atoms with E-state index in [9.17, 15) is 0 Å². The molecule has 0 saturated carbocycles. The Kier molecular flexibility index (Phi) is 11.0. The van der Waals surface area contributed by atoms with Crippen molar-refractivity contribution >= 4 is 0 Å². The van der Waals surface area contributed by atoms with E-state index in [1.807, 2.05) is 13.8 Å². The third kappa shape index (κ3) is 6.23. The lowest BCUT2D eigenvalue weighted by Gasteiger charge is -2.15. The van der Waals surface area contributed by atoms with Crippen molar-refractivity contribution in [2.75, 3.05) is 0 Å². The molecular formula is C16H33NO. The number of aromatic nitrogens is 1. The van der Waals surface area contributed by atoms with Gasteiger partial charge in [0.05, 0.1) is 5.69 Å². The number of nitrogens with zero attached hydrogens (tertiary/aromatic N) is 1. The summed E-state index contributed by atoms with van der Waals surface area (Å²) in [7, 11) is 0. The second kappa shape index (κ2) is 10.2. The van der Waals surface area contributed by atoms with E-state index in [-0.39, 0.29) is 5.41 Å². The Morgan fingerprint density at radius 2 is 1.39 bits per heavy atom. The molecule has 0 aliphatic heterocycles. The zero-order chi connectivity index (χ0) is 14.8. The average molecular weight is 255 g/mol. The lowest BCUT2D eigenvalue weighted by molar-refractivity contribution is 0.324. The molecule has 0 atom stereocenters. The molecule has 0 unspecified atom stereocenters. The molecule has 2 nitrogen and oxygen atoms in total. The molecule has 0 fully saturated rings. The van der Waals surface area contributed by atoms with E-state index in [2.05, 4.69) is 53.6 Å². The van der Waals surface area contributed by atoms with Crippen LogP contribution >= 0.6 is 0 Å². The molecule has 0 aliphatic rings. The maximum atomic E-state index is 5.39. The molecule has 2 heteroatoms. The van der Waals surface area contributed by atoms with E-state index >= 15 is 0 Å². The Bertz CT molecular complexity index is 295. The van der Waals surface area contributed by atoms with Gasteiger partial charge in [-0.05, 0) is 12.8 Å². The smallest absolute Gasteiger partial charge is 0.145 e. The SMILES string of the molecule is CC.CCC.CCc1noc(C(C)(C)C)c1CC. The standard InChI is InChI=1S/C11H19NO.C3H8.C2H6/c1-6-8-9(7-2)12-13-10(8)11(3,4)5;1-3-2;1-2/h6-7H2,1-5H3;3H2,1-2H3;1-2H3. The van der Waals surface area contributed by atoms with Crippen LogP contribution in [-0.4, -0.2) is 5.16 Å². The van der Waals surface area contributed by atoms with Crippen LogP contribution in [0.4, 0.5) is 0 Å². The van der Waals surface area contributed by atoms with Gasteiger partial charge in [-0.15, -0.1) is 0 Å². The molecule has 1 aromatic heterocycles. The molecule has 108 valence electrons. The molecule has 1 aromatic rings. The molecule has 0 bridgehead atoms. The van der Waals surface area contributed by atoms with Crippen LogP contribution in [0.5, 0.6) is 0 Å². The van der Waals surface area contributed by atoms with Crippen molar-refractivity contribution in [1.82, 2.24) is 5.16 Å². The van der Waals surface area contributed by atoms with Crippen molar-refractivity contribution < 1.29 is 4.52 Å². The normalized spacial score (nSPS) is 10.1. The molecule has 0 radical (unpaired) electrons. The van der Waals surface area contributed by atoms with Crippen LogP contribution in [0.3, 0.4) is 0 Å². The molecule has 0 aromatic carbocycles. The highest BCUT2D eigenvalue weighted by Crippen LogP contribution is 2.28. The monoisotopic (exact) mass is 255 g/mol. The minimum atomic E-state index is 0.0752. The number of aryl methyl sites for hydroxylation is 1. The van der Waals surface area contributed by atoms with Gasteiger partial charge in [0.1, 0.15) is 5.76 Å². The van der Waals surface area contributed by atoms with Crippen molar-refractivity contribution in [2.45, 2.75) is 87.0 Å². The van der Waals surface area contributed by atoms with E-state index in [1.54, 1.807) is 0 Å². The third-order valence-electron chi connectivity index (χ3n) is 2.24.